The van der Waals surface area contributed by atoms with Crippen LogP contribution in [0.3, 0.4) is 0 Å². The number of hydrogen-bond donors (Lipinski definition) is 5. The molecule has 0 spiro atoms. The summed E-state index contributed by atoms with van der Waals surface area (Å²) in [5.41, 5.74) is 10.8. The maximum absolute atomic E-state index is 13.0. The number of nitrogens with zero attached hydrogens (tertiary/aromatic N) is 1. The summed E-state index contributed by atoms with van der Waals surface area (Å²) >= 11 is 1.55. The van der Waals surface area contributed by atoms with Crippen LogP contribution in [-0.2, 0) is 19.2 Å². The topological polar surface area (TPSA) is 168 Å². The van der Waals surface area contributed by atoms with E-state index in [0.29, 0.717) is 50.9 Å². The van der Waals surface area contributed by atoms with Crippen LogP contribution in [0, 0.1) is 0 Å². The minimum absolute atomic E-state index is 0.226. The zero-order chi connectivity index (χ0) is 21.8. The third-order valence-electron chi connectivity index (χ3n) is 4.83. The summed E-state index contributed by atoms with van der Waals surface area (Å²) in [5, 5.41) is 14.5. The van der Waals surface area contributed by atoms with Crippen LogP contribution in [-0.4, -0.2) is 83.5 Å². The number of thioether (sulfide) groups is 1. The average molecular weight is 432 g/mol. The average Bonchev–Trinajstić information content (AvgIpc) is 3.19. The molecule has 1 aliphatic heterocycles. The molecule has 10 nitrogen and oxygen atoms in total. The number of unbranched alkanes of at least 4 members (excludes halogenated alkanes) is 1. The first-order valence-corrected chi connectivity index (χ1v) is 11.3. The van der Waals surface area contributed by atoms with Gasteiger partial charge in [0.05, 0.1) is 6.54 Å². The van der Waals surface area contributed by atoms with Gasteiger partial charge in [0, 0.05) is 6.54 Å². The van der Waals surface area contributed by atoms with Crippen molar-refractivity contribution in [1.82, 2.24) is 15.5 Å². The Morgan fingerprint density at radius 3 is 2.45 bits per heavy atom. The molecule has 0 saturated carbocycles. The molecule has 0 bridgehead atoms. The van der Waals surface area contributed by atoms with Gasteiger partial charge in [-0.3, -0.25) is 14.4 Å². The number of carbonyl (C=O) groups is 4. The van der Waals surface area contributed by atoms with Crippen molar-refractivity contribution in [3.05, 3.63) is 0 Å². The predicted octanol–water partition coefficient (Wildman–Crippen LogP) is -1.13. The van der Waals surface area contributed by atoms with Gasteiger partial charge < -0.3 is 32.1 Å². The fraction of sp³-hybridized carbons (Fsp3) is 0.778. The van der Waals surface area contributed by atoms with E-state index < -0.39 is 35.9 Å². The second-order valence-electron chi connectivity index (χ2n) is 6.98. The highest BCUT2D eigenvalue weighted by Crippen LogP contribution is 2.20. The molecular weight excluding hydrogens is 398 g/mol. The van der Waals surface area contributed by atoms with Gasteiger partial charge in [-0.15, -0.1) is 0 Å². The lowest BCUT2D eigenvalue weighted by Gasteiger charge is -2.29. The van der Waals surface area contributed by atoms with Crippen molar-refractivity contribution in [3.8, 4) is 0 Å². The molecule has 11 heteroatoms. The van der Waals surface area contributed by atoms with Crippen molar-refractivity contribution >= 4 is 35.5 Å². The number of carboxylic acids is 1. The van der Waals surface area contributed by atoms with Crippen LogP contribution >= 0.6 is 11.8 Å². The molecule has 3 atom stereocenters. The number of nitrogens with two attached hydrogens (primary N) is 2. The number of carbonyl (C=O) groups excluding carboxylic acids is 3. The molecule has 0 aromatic carbocycles. The van der Waals surface area contributed by atoms with E-state index in [2.05, 4.69) is 10.6 Å². The molecule has 3 unspecified atom stereocenters. The zero-order valence-electron chi connectivity index (χ0n) is 16.9. The largest absolute Gasteiger partial charge is 0.480 e. The van der Waals surface area contributed by atoms with Gasteiger partial charge in [0.25, 0.3) is 0 Å². The normalized spacial score (nSPS) is 18.2. The lowest BCUT2D eigenvalue weighted by molar-refractivity contribution is -0.145. The van der Waals surface area contributed by atoms with Gasteiger partial charge in [-0.1, -0.05) is 0 Å². The van der Waals surface area contributed by atoms with Crippen molar-refractivity contribution in [2.45, 2.75) is 56.7 Å². The summed E-state index contributed by atoms with van der Waals surface area (Å²) in [4.78, 5) is 50.3. The number of rotatable bonds is 13. The smallest absolute Gasteiger partial charge is 0.326 e. The van der Waals surface area contributed by atoms with Gasteiger partial charge in [-0.25, -0.2) is 4.79 Å². The zero-order valence-corrected chi connectivity index (χ0v) is 17.7. The van der Waals surface area contributed by atoms with Crippen LogP contribution in [0.1, 0.15) is 38.5 Å². The molecule has 166 valence electrons. The lowest BCUT2D eigenvalue weighted by atomic mass is 10.1. The van der Waals surface area contributed by atoms with Crippen LogP contribution < -0.4 is 22.1 Å². The van der Waals surface area contributed by atoms with Gasteiger partial charge in [-0.2, -0.15) is 11.8 Å². The molecule has 29 heavy (non-hydrogen) atoms. The molecule has 0 radical (unpaired) electrons. The lowest BCUT2D eigenvalue weighted by Crippen LogP contribution is -2.55. The van der Waals surface area contributed by atoms with Crippen LogP contribution in [0.15, 0.2) is 0 Å². The third-order valence-corrected chi connectivity index (χ3v) is 5.47. The number of hydrogen-bond acceptors (Lipinski definition) is 7. The summed E-state index contributed by atoms with van der Waals surface area (Å²) in [7, 11) is 0. The quantitative estimate of drug-likeness (QED) is 0.228. The van der Waals surface area contributed by atoms with E-state index in [0.717, 1.165) is 0 Å². The van der Waals surface area contributed by atoms with Gasteiger partial charge in [-0.05, 0) is 57.1 Å². The molecule has 0 aromatic rings. The summed E-state index contributed by atoms with van der Waals surface area (Å²) < 4.78 is 0. The highest BCUT2D eigenvalue weighted by molar-refractivity contribution is 7.98. The molecular formula is C18H33N5O5S. The first-order valence-electron chi connectivity index (χ1n) is 9.87. The Kier molecular flexibility index (Phi) is 11.6. The number of likely N-dealkylation sites (tertiary alicyclic amines) is 1. The first-order chi connectivity index (χ1) is 13.8. The molecule has 7 N–H and O–H groups in total. The molecule has 3 amide bonds. The van der Waals surface area contributed by atoms with Crippen LogP contribution in [0.4, 0.5) is 0 Å². The van der Waals surface area contributed by atoms with Crippen molar-refractivity contribution in [1.29, 1.82) is 0 Å². The number of nitrogens with one attached hydrogen (secondary N) is 2. The highest BCUT2D eigenvalue weighted by Gasteiger charge is 2.38. The Morgan fingerprint density at radius 2 is 1.86 bits per heavy atom. The summed E-state index contributed by atoms with van der Waals surface area (Å²) in [6.45, 7) is 0.614. The first kappa shape index (κ1) is 25.2. The molecule has 1 saturated heterocycles. The van der Waals surface area contributed by atoms with Crippen molar-refractivity contribution in [2.75, 3.05) is 31.6 Å². The van der Waals surface area contributed by atoms with E-state index in [1.165, 1.54) is 4.90 Å². The van der Waals surface area contributed by atoms with E-state index in [4.69, 9.17) is 11.5 Å². The minimum atomic E-state index is -1.11. The number of aliphatic carboxylic acids is 1. The Bertz CT molecular complexity index is 577. The molecule has 1 fully saturated rings. The second-order valence-corrected chi connectivity index (χ2v) is 7.96. The summed E-state index contributed by atoms with van der Waals surface area (Å²) in [6.07, 6.45) is 4.95. The van der Waals surface area contributed by atoms with E-state index in [1.807, 2.05) is 6.26 Å². The van der Waals surface area contributed by atoms with Gasteiger partial charge in [0.15, 0.2) is 0 Å². The molecule has 1 rings (SSSR count). The van der Waals surface area contributed by atoms with Crippen molar-refractivity contribution < 1.29 is 24.3 Å². The van der Waals surface area contributed by atoms with Crippen LogP contribution in [0.2, 0.25) is 0 Å². The molecule has 0 aliphatic carbocycles. The fourth-order valence-electron chi connectivity index (χ4n) is 3.27. The molecule has 1 aliphatic rings. The van der Waals surface area contributed by atoms with Crippen LogP contribution in [0.25, 0.3) is 0 Å². The van der Waals surface area contributed by atoms with E-state index >= 15 is 0 Å². The number of amides is 3. The van der Waals surface area contributed by atoms with Gasteiger partial charge >= 0.3 is 5.97 Å². The fourth-order valence-corrected chi connectivity index (χ4v) is 3.74. The number of carboxylic acid groups (broad SMARTS) is 1. The third kappa shape index (κ3) is 8.19. The summed E-state index contributed by atoms with van der Waals surface area (Å²) in [6, 6.07) is -2.52. The van der Waals surface area contributed by atoms with E-state index in [-0.39, 0.29) is 18.9 Å². The molecule has 0 aromatic heterocycles. The standard InChI is InChI=1S/C18H33N5O5S/c1-29-10-7-12(21-15(24)11-20)17(26)23-9-4-6-14(23)16(25)22-13(18(27)28)5-2-3-8-19/h12-14H,2-11,19-20H2,1H3,(H,21,24)(H,22,25)(H,27,28). The Labute approximate surface area is 175 Å². The minimum Gasteiger partial charge on any atom is -0.480 e. The highest BCUT2D eigenvalue weighted by atomic mass is 32.2. The van der Waals surface area contributed by atoms with Gasteiger partial charge in [0.1, 0.15) is 18.1 Å². The second kappa shape index (κ2) is 13.4. The Hall–Kier alpha value is -1.85. The monoisotopic (exact) mass is 431 g/mol. The Balaban J connectivity index is 2.81. The predicted molar refractivity (Wildman–Crippen MR) is 111 cm³/mol. The Morgan fingerprint density at radius 1 is 1.14 bits per heavy atom. The van der Waals surface area contributed by atoms with Gasteiger partial charge in [0.2, 0.25) is 17.7 Å². The van der Waals surface area contributed by atoms with E-state index in [1.54, 1.807) is 11.8 Å². The van der Waals surface area contributed by atoms with Crippen molar-refractivity contribution in [2.24, 2.45) is 11.5 Å². The van der Waals surface area contributed by atoms with Crippen LogP contribution in [0.5, 0.6) is 0 Å². The maximum atomic E-state index is 13.0. The van der Waals surface area contributed by atoms with Crippen molar-refractivity contribution in [3.63, 3.8) is 0 Å². The van der Waals surface area contributed by atoms with E-state index in [9.17, 15) is 24.3 Å². The molecule has 1 heterocycles. The summed E-state index contributed by atoms with van der Waals surface area (Å²) in [5.74, 6) is -1.71. The maximum Gasteiger partial charge on any atom is 0.326 e. The SMILES string of the molecule is CSCCC(NC(=O)CN)C(=O)N1CCCC1C(=O)NC(CCCCN)C(=O)O.